The zero-order chi connectivity index (χ0) is 20.7. The molecule has 1 aliphatic heterocycles. The Labute approximate surface area is 201 Å². The molecule has 166 valence electrons. The topological polar surface area (TPSA) is 73.8 Å². The number of sulfone groups is 1. The molecule has 2 heterocycles. The van der Waals surface area contributed by atoms with E-state index in [2.05, 4.69) is 45.1 Å². The highest BCUT2D eigenvalue weighted by Crippen LogP contribution is 2.36. The number of hydrogen-bond donors (Lipinski definition) is 2. The van der Waals surface area contributed by atoms with Gasteiger partial charge in [-0.25, -0.2) is 8.42 Å². The van der Waals surface area contributed by atoms with Crippen LogP contribution in [0.15, 0.2) is 57.7 Å². The summed E-state index contributed by atoms with van der Waals surface area (Å²) in [5.74, 6) is 1.16. The van der Waals surface area contributed by atoms with Crippen molar-refractivity contribution in [1.29, 1.82) is 0 Å². The Balaban J connectivity index is 0.00000320. The van der Waals surface area contributed by atoms with Crippen LogP contribution in [0.3, 0.4) is 0 Å². The highest BCUT2D eigenvalue weighted by atomic mass is 127. The molecular formula is C21H31IN4O2S2. The second-order valence-electron chi connectivity index (χ2n) is 7.35. The van der Waals surface area contributed by atoms with E-state index >= 15 is 0 Å². The Hall–Kier alpha value is -1.17. The second-order valence-corrected chi connectivity index (χ2v) is 10.4. The largest absolute Gasteiger partial charge is 0.356 e. The predicted molar refractivity (Wildman–Crippen MR) is 136 cm³/mol. The number of benzene rings is 1. The van der Waals surface area contributed by atoms with Gasteiger partial charge in [0, 0.05) is 31.1 Å². The zero-order valence-corrected chi connectivity index (χ0v) is 21.4. The summed E-state index contributed by atoms with van der Waals surface area (Å²) in [5.41, 5.74) is 0. The molecule has 1 aromatic heterocycles. The molecule has 30 heavy (non-hydrogen) atoms. The molecule has 0 saturated carbocycles. The molecule has 2 atom stereocenters. The van der Waals surface area contributed by atoms with E-state index in [-0.39, 0.29) is 29.7 Å². The minimum atomic E-state index is -3.30. The van der Waals surface area contributed by atoms with Crippen molar-refractivity contribution in [2.24, 2.45) is 10.9 Å². The molecule has 2 unspecified atom stereocenters. The van der Waals surface area contributed by atoms with Gasteiger partial charge in [-0.2, -0.15) is 0 Å². The smallest absolute Gasteiger partial charge is 0.191 e. The van der Waals surface area contributed by atoms with Crippen LogP contribution in [0.4, 0.5) is 0 Å². The van der Waals surface area contributed by atoms with Crippen LogP contribution < -0.4 is 10.6 Å². The number of rotatable bonds is 7. The van der Waals surface area contributed by atoms with E-state index < -0.39 is 9.84 Å². The average Bonchev–Trinajstić information content (AvgIpc) is 3.25. The zero-order valence-electron chi connectivity index (χ0n) is 17.5. The van der Waals surface area contributed by atoms with Gasteiger partial charge in [-0.15, -0.1) is 35.3 Å². The Morgan fingerprint density at radius 3 is 2.63 bits per heavy atom. The number of thiophene rings is 1. The number of nitrogens with one attached hydrogen (secondary N) is 2. The fraction of sp³-hybridized carbons (Fsp3) is 0.476. The fourth-order valence-corrected chi connectivity index (χ4v) is 6.04. The molecule has 9 heteroatoms. The molecule has 0 spiro atoms. The lowest BCUT2D eigenvalue weighted by atomic mass is 9.88. The number of aliphatic imine (C=N–C) groups is 1. The molecule has 0 amide bonds. The summed E-state index contributed by atoms with van der Waals surface area (Å²) in [6.07, 6.45) is 2.35. The Morgan fingerprint density at radius 2 is 1.97 bits per heavy atom. The Morgan fingerprint density at radius 1 is 1.20 bits per heavy atom. The second kappa shape index (κ2) is 12.0. The van der Waals surface area contributed by atoms with Gasteiger partial charge >= 0.3 is 0 Å². The van der Waals surface area contributed by atoms with E-state index in [9.17, 15) is 8.42 Å². The van der Waals surface area contributed by atoms with Crippen molar-refractivity contribution in [2.45, 2.75) is 23.8 Å². The number of nitrogens with zero attached hydrogens (tertiary/aromatic N) is 2. The summed E-state index contributed by atoms with van der Waals surface area (Å²) >= 11 is 1.81. The summed E-state index contributed by atoms with van der Waals surface area (Å²) < 4.78 is 24.8. The van der Waals surface area contributed by atoms with Crippen molar-refractivity contribution in [3.8, 4) is 0 Å². The van der Waals surface area contributed by atoms with Crippen molar-refractivity contribution >= 4 is 51.1 Å². The van der Waals surface area contributed by atoms with Gasteiger partial charge in [0.15, 0.2) is 15.8 Å². The van der Waals surface area contributed by atoms with E-state index in [0.717, 1.165) is 13.1 Å². The molecule has 0 bridgehead atoms. The quantitative estimate of drug-likeness (QED) is 0.308. The maximum Gasteiger partial charge on any atom is 0.191 e. The maximum atomic E-state index is 12.4. The minimum absolute atomic E-state index is 0. The highest BCUT2D eigenvalue weighted by Gasteiger charge is 2.31. The average molecular weight is 563 g/mol. The van der Waals surface area contributed by atoms with Gasteiger partial charge < -0.3 is 10.6 Å². The number of piperidine rings is 1. The molecule has 0 aliphatic carbocycles. The summed E-state index contributed by atoms with van der Waals surface area (Å²) in [7, 11) is 0.610. The lowest BCUT2D eigenvalue weighted by Gasteiger charge is -2.39. The predicted octanol–water partition coefficient (Wildman–Crippen LogP) is 3.39. The summed E-state index contributed by atoms with van der Waals surface area (Å²) in [6.45, 7) is 2.23. The van der Waals surface area contributed by atoms with Crippen LogP contribution in [0.1, 0.15) is 23.8 Å². The van der Waals surface area contributed by atoms with E-state index in [4.69, 9.17) is 0 Å². The van der Waals surface area contributed by atoms with Crippen LogP contribution in [0.25, 0.3) is 0 Å². The monoisotopic (exact) mass is 562 g/mol. The van der Waals surface area contributed by atoms with Gasteiger partial charge in [0.1, 0.15) is 0 Å². The lowest BCUT2D eigenvalue weighted by Crippen LogP contribution is -2.45. The Kier molecular flexibility index (Phi) is 10.1. The third-order valence-corrected chi connectivity index (χ3v) is 8.04. The fourth-order valence-electron chi connectivity index (χ4n) is 3.88. The number of guanidine groups is 1. The van der Waals surface area contributed by atoms with Crippen LogP contribution in [0.2, 0.25) is 0 Å². The summed E-state index contributed by atoms with van der Waals surface area (Å²) in [4.78, 5) is 8.45. The summed E-state index contributed by atoms with van der Waals surface area (Å²) in [5, 5.41) is 8.68. The van der Waals surface area contributed by atoms with Crippen molar-refractivity contribution in [3.05, 3.63) is 52.7 Å². The van der Waals surface area contributed by atoms with Gasteiger partial charge in [-0.1, -0.05) is 24.3 Å². The van der Waals surface area contributed by atoms with E-state index in [1.165, 1.54) is 17.7 Å². The van der Waals surface area contributed by atoms with Crippen LogP contribution >= 0.6 is 35.3 Å². The molecule has 2 N–H and O–H groups in total. The summed E-state index contributed by atoms with van der Waals surface area (Å²) in [6, 6.07) is 13.3. The van der Waals surface area contributed by atoms with Crippen LogP contribution in [0, 0.1) is 5.92 Å². The van der Waals surface area contributed by atoms with Gasteiger partial charge in [0.25, 0.3) is 0 Å². The third-order valence-electron chi connectivity index (χ3n) is 5.36. The van der Waals surface area contributed by atoms with Crippen LogP contribution in [0.5, 0.6) is 0 Å². The first-order chi connectivity index (χ1) is 14.0. The molecule has 0 radical (unpaired) electrons. The maximum absolute atomic E-state index is 12.4. The number of hydrogen-bond acceptors (Lipinski definition) is 5. The van der Waals surface area contributed by atoms with Crippen molar-refractivity contribution in [3.63, 3.8) is 0 Å². The molecule has 1 aromatic carbocycles. The first-order valence-corrected chi connectivity index (χ1v) is 12.5. The Bertz CT molecular complexity index is 889. The molecule has 1 fully saturated rings. The first kappa shape index (κ1) is 25.1. The highest BCUT2D eigenvalue weighted by molar-refractivity contribution is 14.0. The van der Waals surface area contributed by atoms with Crippen molar-refractivity contribution < 1.29 is 8.42 Å². The van der Waals surface area contributed by atoms with Crippen LogP contribution in [-0.2, 0) is 9.84 Å². The van der Waals surface area contributed by atoms with Gasteiger partial charge in [0.2, 0.25) is 0 Å². The van der Waals surface area contributed by atoms with E-state index in [1.54, 1.807) is 31.3 Å². The van der Waals surface area contributed by atoms with E-state index in [1.807, 2.05) is 17.4 Å². The molecule has 1 aliphatic rings. The third kappa shape index (κ3) is 6.66. The van der Waals surface area contributed by atoms with Gasteiger partial charge in [-0.05, 0) is 55.9 Å². The molecule has 3 rings (SSSR count). The number of halogens is 1. The number of likely N-dealkylation sites (tertiary alicyclic amines) is 1. The van der Waals surface area contributed by atoms with Crippen LogP contribution in [-0.4, -0.2) is 58.8 Å². The van der Waals surface area contributed by atoms with Gasteiger partial charge in [0.05, 0.1) is 10.6 Å². The molecule has 6 nitrogen and oxygen atoms in total. The lowest BCUT2D eigenvalue weighted by molar-refractivity contribution is 0.125. The van der Waals surface area contributed by atoms with Crippen molar-refractivity contribution in [2.75, 3.05) is 39.5 Å². The van der Waals surface area contributed by atoms with Gasteiger partial charge in [-0.3, -0.25) is 9.89 Å². The normalized spacial score (nSPS) is 20.4. The SMILES string of the molecule is CN=C(NCCS(=O)(=O)c1ccccc1)NCC1CCCN(C)C1c1cccs1.I. The van der Waals surface area contributed by atoms with Crippen molar-refractivity contribution in [1.82, 2.24) is 15.5 Å². The molecule has 2 aromatic rings. The first-order valence-electron chi connectivity index (χ1n) is 9.97. The standard InChI is InChI=1S/C21H30N4O2S2.HI/c1-22-21(23-12-15-29(26,27)18-9-4-3-5-10-18)24-16-17-8-6-13-25(2)20(17)19-11-7-14-28-19;/h3-5,7,9-11,14,17,20H,6,8,12-13,15-16H2,1-2H3,(H2,22,23,24);1H. The minimum Gasteiger partial charge on any atom is -0.356 e. The molecular weight excluding hydrogens is 531 g/mol. The molecule has 1 saturated heterocycles. The van der Waals surface area contributed by atoms with E-state index in [0.29, 0.717) is 29.4 Å².